The molecule has 2 nitrogen and oxygen atoms in total. The number of hydrogen-bond donors (Lipinski definition) is 0. The summed E-state index contributed by atoms with van der Waals surface area (Å²) in [5, 5.41) is 0. The Bertz CT molecular complexity index is 691. The Balaban J connectivity index is 0.00000144. The second-order valence-corrected chi connectivity index (χ2v) is 5.92. The molecule has 0 atom stereocenters. The molecular formula is C20H22Br2N2. The molecule has 4 heteroatoms. The Morgan fingerprint density at radius 3 is 1.38 bits per heavy atom. The highest BCUT2D eigenvalue weighted by molar-refractivity contribution is 5.22. The zero-order valence-corrected chi connectivity index (χ0v) is 17.2. The molecule has 3 rings (SSSR count). The van der Waals surface area contributed by atoms with Crippen LogP contribution in [-0.2, 0) is 13.1 Å². The standard InChI is InChI=1S/C20H22N2.2BrH/c1-17-6-10-21(11-7-17)15-19-4-3-5-20(14-19)16-22-12-8-18(2)9-13-22;;/h3-14H,15-16H2,1-2H3;2*1H/q+2;;/p-2. The van der Waals surface area contributed by atoms with E-state index in [1.54, 1.807) is 0 Å². The van der Waals surface area contributed by atoms with Crippen molar-refractivity contribution in [3.8, 4) is 0 Å². The molecule has 1 aromatic carbocycles. The van der Waals surface area contributed by atoms with E-state index in [0.29, 0.717) is 0 Å². The Kier molecular flexibility index (Phi) is 8.29. The van der Waals surface area contributed by atoms with E-state index < -0.39 is 0 Å². The fourth-order valence-corrected chi connectivity index (χ4v) is 2.52. The Labute approximate surface area is 165 Å². The molecule has 126 valence electrons. The number of aromatic nitrogens is 2. The lowest BCUT2D eigenvalue weighted by Crippen LogP contribution is -3.00. The summed E-state index contributed by atoms with van der Waals surface area (Å²) in [5.74, 6) is 0. The number of hydrogen-bond acceptors (Lipinski definition) is 0. The van der Waals surface area contributed by atoms with Crippen LogP contribution in [0, 0.1) is 13.8 Å². The van der Waals surface area contributed by atoms with Gasteiger partial charge in [0, 0.05) is 35.4 Å². The number of pyridine rings is 2. The van der Waals surface area contributed by atoms with Crippen LogP contribution in [0.25, 0.3) is 0 Å². The van der Waals surface area contributed by atoms with E-state index in [9.17, 15) is 0 Å². The van der Waals surface area contributed by atoms with E-state index in [-0.39, 0.29) is 34.0 Å². The van der Waals surface area contributed by atoms with Crippen molar-refractivity contribution in [2.45, 2.75) is 26.9 Å². The van der Waals surface area contributed by atoms with Gasteiger partial charge in [-0.1, -0.05) is 18.2 Å². The second-order valence-electron chi connectivity index (χ2n) is 5.92. The number of nitrogens with zero attached hydrogens (tertiary/aromatic N) is 2. The van der Waals surface area contributed by atoms with Crippen LogP contribution >= 0.6 is 0 Å². The van der Waals surface area contributed by atoms with Crippen LogP contribution in [0.2, 0.25) is 0 Å². The molecule has 2 aromatic heterocycles. The van der Waals surface area contributed by atoms with Gasteiger partial charge in [0.05, 0.1) is 0 Å². The SMILES string of the molecule is Cc1cc[n+](Cc2cccc(C[n+]3ccc(C)cc3)c2)cc1.[Br-].[Br-]. The summed E-state index contributed by atoms with van der Waals surface area (Å²) < 4.78 is 4.43. The summed E-state index contributed by atoms with van der Waals surface area (Å²) in [6, 6.07) is 17.4. The van der Waals surface area contributed by atoms with Crippen LogP contribution in [0.3, 0.4) is 0 Å². The largest absolute Gasteiger partial charge is 1.00 e. The van der Waals surface area contributed by atoms with Gasteiger partial charge in [-0.2, -0.15) is 0 Å². The summed E-state index contributed by atoms with van der Waals surface area (Å²) in [6.45, 7) is 6.05. The van der Waals surface area contributed by atoms with Gasteiger partial charge in [0.15, 0.2) is 37.9 Å². The van der Waals surface area contributed by atoms with Crippen LogP contribution < -0.4 is 43.1 Å². The molecule has 0 radical (unpaired) electrons. The van der Waals surface area contributed by atoms with E-state index in [2.05, 4.69) is 96.3 Å². The van der Waals surface area contributed by atoms with E-state index in [1.165, 1.54) is 22.3 Å². The lowest BCUT2D eigenvalue weighted by Gasteiger charge is -2.02. The molecule has 0 bridgehead atoms. The zero-order chi connectivity index (χ0) is 15.4. The summed E-state index contributed by atoms with van der Waals surface area (Å²) in [6.07, 6.45) is 8.54. The minimum atomic E-state index is 0. The third kappa shape index (κ3) is 5.84. The van der Waals surface area contributed by atoms with Crippen molar-refractivity contribution < 1.29 is 43.1 Å². The van der Waals surface area contributed by atoms with Crippen molar-refractivity contribution in [2.24, 2.45) is 0 Å². The van der Waals surface area contributed by atoms with Gasteiger partial charge < -0.3 is 34.0 Å². The van der Waals surface area contributed by atoms with Gasteiger partial charge in [0.1, 0.15) is 0 Å². The maximum atomic E-state index is 2.29. The third-order valence-electron chi connectivity index (χ3n) is 3.84. The molecule has 0 N–H and O–H groups in total. The summed E-state index contributed by atoms with van der Waals surface area (Å²) in [7, 11) is 0. The lowest BCUT2D eigenvalue weighted by molar-refractivity contribution is -0.689. The van der Waals surface area contributed by atoms with Crippen molar-refractivity contribution in [1.29, 1.82) is 0 Å². The molecule has 24 heavy (non-hydrogen) atoms. The smallest absolute Gasteiger partial charge is 0.173 e. The van der Waals surface area contributed by atoms with Crippen molar-refractivity contribution in [2.75, 3.05) is 0 Å². The topological polar surface area (TPSA) is 7.76 Å². The summed E-state index contributed by atoms with van der Waals surface area (Å²) in [4.78, 5) is 0. The molecule has 2 heterocycles. The number of halogens is 2. The van der Waals surface area contributed by atoms with Gasteiger partial charge in [0.25, 0.3) is 0 Å². The van der Waals surface area contributed by atoms with Crippen LogP contribution in [0.5, 0.6) is 0 Å². The second kappa shape index (κ2) is 9.70. The van der Waals surface area contributed by atoms with Gasteiger partial charge in [-0.05, 0) is 31.0 Å². The predicted molar refractivity (Wildman–Crippen MR) is 87.4 cm³/mol. The van der Waals surface area contributed by atoms with Gasteiger partial charge in [-0.3, -0.25) is 0 Å². The van der Waals surface area contributed by atoms with Crippen molar-refractivity contribution in [3.05, 3.63) is 95.6 Å². The third-order valence-corrected chi connectivity index (χ3v) is 3.84. The molecule has 0 aliphatic carbocycles. The molecule has 0 unspecified atom stereocenters. The highest BCUT2D eigenvalue weighted by Gasteiger charge is 2.06. The number of benzene rings is 1. The minimum absolute atomic E-state index is 0. The molecule has 0 amide bonds. The van der Waals surface area contributed by atoms with Crippen molar-refractivity contribution >= 4 is 0 Å². The predicted octanol–water partition coefficient (Wildman–Crippen LogP) is -3.02. The van der Waals surface area contributed by atoms with E-state index >= 15 is 0 Å². The Morgan fingerprint density at radius 2 is 1.00 bits per heavy atom. The number of rotatable bonds is 4. The van der Waals surface area contributed by atoms with Crippen molar-refractivity contribution in [1.82, 2.24) is 0 Å². The van der Waals surface area contributed by atoms with Gasteiger partial charge in [-0.25, -0.2) is 9.13 Å². The first kappa shape index (κ1) is 20.5. The average molecular weight is 450 g/mol. The van der Waals surface area contributed by atoms with Gasteiger partial charge in [0.2, 0.25) is 0 Å². The monoisotopic (exact) mass is 448 g/mol. The van der Waals surface area contributed by atoms with Crippen LogP contribution in [-0.4, -0.2) is 0 Å². The molecule has 0 fully saturated rings. The summed E-state index contributed by atoms with van der Waals surface area (Å²) >= 11 is 0. The molecule has 0 aliphatic rings. The quantitative estimate of drug-likeness (QED) is 0.375. The maximum absolute atomic E-state index is 2.29. The fraction of sp³-hybridized carbons (Fsp3) is 0.200. The molecule has 0 saturated carbocycles. The van der Waals surface area contributed by atoms with Gasteiger partial charge >= 0.3 is 0 Å². The lowest BCUT2D eigenvalue weighted by atomic mass is 10.1. The van der Waals surface area contributed by atoms with E-state index in [4.69, 9.17) is 0 Å². The van der Waals surface area contributed by atoms with Crippen molar-refractivity contribution in [3.63, 3.8) is 0 Å². The average Bonchev–Trinajstić information content (AvgIpc) is 2.52. The van der Waals surface area contributed by atoms with E-state index in [0.717, 1.165) is 13.1 Å². The first-order valence-electron chi connectivity index (χ1n) is 7.68. The molecule has 3 aromatic rings. The molecule has 0 spiro atoms. The molecular weight excluding hydrogens is 428 g/mol. The highest BCUT2D eigenvalue weighted by atomic mass is 79.9. The first-order valence-corrected chi connectivity index (χ1v) is 7.68. The maximum Gasteiger partial charge on any atom is 0.173 e. The van der Waals surface area contributed by atoms with E-state index in [1.807, 2.05) is 0 Å². The van der Waals surface area contributed by atoms with Crippen LogP contribution in [0.4, 0.5) is 0 Å². The molecule has 0 aliphatic heterocycles. The van der Waals surface area contributed by atoms with Gasteiger partial charge in [-0.15, -0.1) is 0 Å². The highest BCUT2D eigenvalue weighted by Crippen LogP contribution is 2.05. The first-order chi connectivity index (χ1) is 10.7. The summed E-state index contributed by atoms with van der Waals surface area (Å²) in [5.41, 5.74) is 5.25. The zero-order valence-electron chi connectivity index (χ0n) is 14.0. The van der Waals surface area contributed by atoms with Crippen LogP contribution in [0.1, 0.15) is 22.3 Å². The fourth-order valence-electron chi connectivity index (χ4n) is 2.52. The number of aryl methyl sites for hydroxylation is 2. The minimum Gasteiger partial charge on any atom is -1.00 e. The van der Waals surface area contributed by atoms with Crippen LogP contribution in [0.15, 0.2) is 73.3 Å². The Hall–Kier alpha value is -1.52. The molecule has 0 saturated heterocycles. The normalized spacial score (nSPS) is 9.75. The Morgan fingerprint density at radius 1 is 0.625 bits per heavy atom.